The molecular formula is C10H19N3OS. The maximum Gasteiger partial charge on any atom is 0.203 e. The van der Waals surface area contributed by atoms with E-state index in [1.54, 1.807) is 7.11 Å². The summed E-state index contributed by atoms with van der Waals surface area (Å²) in [5, 5.41) is 4.12. The fourth-order valence-electron chi connectivity index (χ4n) is 0.931. The molecule has 0 aliphatic heterocycles. The van der Waals surface area contributed by atoms with E-state index in [1.807, 2.05) is 13.8 Å². The van der Waals surface area contributed by atoms with E-state index in [4.69, 9.17) is 4.74 Å². The van der Waals surface area contributed by atoms with Crippen LogP contribution in [0.3, 0.4) is 0 Å². The summed E-state index contributed by atoms with van der Waals surface area (Å²) in [5.74, 6) is 0.724. The smallest absolute Gasteiger partial charge is 0.203 e. The topological polar surface area (TPSA) is 47.0 Å². The molecule has 0 saturated heterocycles. The van der Waals surface area contributed by atoms with Gasteiger partial charge in [0.15, 0.2) is 5.82 Å². The molecular weight excluding hydrogens is 210 g/mol. The highest BCUT2D eigenvalue weighted by molar-refractivity contribution is 7.09. The summed E-state index contributed by atoms with van der Waals surface area (Å²) in [6.45, 7) is 10.2. The third-order valence-electron chi connectivity index (χ3n) is 1.96. The molecule has 86 valence electrons. The van der Waals surface area contributed by atoms with E-state index in [-0.39, 0.29) is 5.54 Å². The highest BCUT2D eigenvalue weighted by Crippen LogP contribution is 2.25. The third-order valence-corrected chi connectivity index (χ3v) is 2.59. The van der Waals surface area contributed by atoms with Gasteiger partial charge in [0, 0.05) is 24.2 Å². The van der Waals surface area contributed by atoms with Gasteiger partial charge in [0.1, 0.15) is 5.60 Å². The summed E-state index contributed by atoms with van der Waals surface area (Å²) in [6, 6.07) is 0. The first kappa shape index (κ1) is 12.4. The summed E-state index contributed by atoms with van der Waals surface area (Å²) in [6.07, 6.45) is 0. The Morgan fingerprint density at radius 2 is 1.80 bits per heavy atom. The van der Waals surface area contributed by atoms with Gasteiger partial charge in [-0.1, -0.05) is 0 Å². The van der Waals surface area contributed by atoms with Crippen LogP contribution in [0.1, 0.15) is 40.4 Å². The average Bonchev–Trinajstić information content (AvgIpc) is 2.50. The minimum absolute atomic E-state index is 0.00795. The highest BCUT2D eigenvalue weighted by Gasteiger charge is 2.25. The number of anilines is 1. The van der Waals surface area contributed by atoms with Crippen LogP contribution in [-0.4, -0.2) is 22.0 Å². The van der Waals surface area contributed by atoms with E-state index in [2.05, 4.69) is 35.4 Å². The van der Waals surface area contributed by atoms with Gasteiger partial charge in [-0.25, -0.2) is 4.98 Å². The molecule has 0 unspecified atom stereocenters. The van der Waals surface area contributed by atoms with Gasteiger partial charge in [-0.2, -0.15) is 4.37 Å². The summed E-state index contributed by atoms with van der Waals surface area (Å²) in [7, 11) is 1.66. The molecule has 0 fully saturated rings. The van der Waals surface area contributed by atoms with Crippen LogP contribution in [0.15, 0.2) is 0 Å². The number of aromatic nitrogens is 2. The van der Waals surface area contributed by atoms with Crippen molar-refractivity contribution in [1.29, 1.82) is 0 Å². The van der Waals surface area contributed by atoms with Gasteiger partial charge in [0.05, 0.1) is 0 Å². The zero-order valence-corrected chi connectivity index (χ0v) is 11.0. The molecule has 0 aliphatic rings. The van der Waals surface area contributed by atoms with E-state index in [9.17, 15) is 0 Å². The van der Waals surface area contributed by atoms with E-state index in [0.29, 0.717) is 0 Å². The molecule has 0 amide bonds. The van der Waals surface area contributed by atoms with Gasteiger partial charge in [-0.3, -0.25) is 0 Å². The second kappa shape index (κ2) is 4.06. The number of hydrogen-bond donors (Lipinski definition) is 1. The number of ether oxygens (including phenoxy) is 1. The average molecular weight is 229 g/mol. The summed E-state index contributed by atoms with van der Waals surface area (Å²) >= 11 is 1.37. The fraction of sp³-hybridized carbons (Fsp3) is 0.800. The molecule has 1 aromatic rings. The van der Waals surface area contributed by atoms with Gasteiger partial charge in [-0.05, 0) is 34.6 Å². The standard InChI is InChI=1S/C10H19N3OS/c1-9(2,3)12-8-11-7(13-15-8)10(4,5)14-6/h1-6H3,(H,11,12,13). The zero-order valence-electron chi connectivity index (χ0n) is 10.2. The monoisotopic (exact) mass is 229 g/mol. The second-order valence-corrected chi connectivity index (χ2v) is 5.76. The Balaban J connectivity index is 2.81. The quantitative estimate of drug-likeness (QED) is 0.865. The van der Waals surface area contributed by atoms with Crippen LogP contribution in [0.5, 0.6) is 0 Å². The number of nitrogens with zero attached hydrogens (tertiary/aromatic N) is 2. The lowest BCUT2D eigenvalue weighted by Gasteiger charge is -2.20. The van der Waals surface area contributed by atoms with E-state index in [1.165, 1.54) is 11.5 Å². The molecule has 0 atom stereocenters. The van der Waals surface area contributed by atoms with Gasteiger partial charge >= 0.3 is 0 Å². The van der Waals surface area contributed by atoms with E-state index < -0.39 is 5.60 Å². The largest absolute Gasteiger partial charge is 0.371 e. The molecule has 1 N–H and O–H groups in total. The minimum Gasteiger partial charge on any atom is -0.371 e. The number of hydrogen-bond acceptors (Lipinski definition) is 5. The van der Waals surface area contributed by atoms with Crippen LogP contribution in [0.25, 0.3) is 0 Å². The summed E-state index contributed by atoms with van der Waals surface area (Å²) in [5.41, 5.74) is -0.414. The molecule has 4 nitrogen and oxygen atoms in total. The maximum absolute atomic E-state index is 5.32. The maximum atomic E-state index is 5.32. The summed E-state index contributed by atoms with van der Waals surface area (Å²) < 4.78 is 9.61. The minimum atomic E-state index is -0.422. The van der Waals surface area contributed by atoms with Crippen molar-refractivity contribution in [2.75, 3.05) is 12.4 Å². The Bertz CT molecular complexity index is 328. The van der Waals surface area contributed by atoms with Crippen LogP contribution in [0, 0.1) is 0 Å². The normalized spacial score (nSPS) is 12.9. The van der Waals surface area contributed by atoms with Crippen molar-refractivity contribution in [2.45, 2.75) is 45.8 Å². The zero-order chi connectivity index (χ0) is 11.7. The van der Waals surface area contributed by atoms with Crippen molar-refractivity contribution in [3.8, 4) is 0 Å². The molecule has 1 heterocycles. The Morgan fingerprint density at radius 3 is 2.27 bits per heavy atom. The van der Waals surface area contributed by atoms with Crippen molar-refractivity contribution < 1.29 is 4.74 Å². The van der Waals surface area contributed by atoms with Crippen LogP contribution in [0.4, 0.5) is 5.13 Å². The molecule has 1 aromatic heterocycles. The van der Waals surface area contributed by atoms with E-state index in [0.717, 1.165) is 11.0 Å². The Morgan fingerprint density at radius 1 is 1.20 bits per heavy atom. The molecule has 0 saturated carbocycles. The van der Waals surface area contributed by atoms with Crippen molar-refractivity contribution >= 4 is 16.7 Å². The Hall–Kier alpha value is -0.680. The SMILES string of the molecule is COC(C)(C)c1nsc(NC(C)(C)C)n1. The Kier molecular flexibility index (Phi) is 3.35. The number of rotatable bonds is 3. The molecule has 5 heteroatoms. The van der Waals surface area contributed by atoms with Crippen LogP contribution in [0.2, 0.25) is 0 Å². The molecule has 0 bridgehead atoms. The van der Waals surface area contributed by atoms with Crippen LogP contribution in [-0.2, 0) is 10.3 Å². The first-order valence-corrected chi connectivity index (χ1v) is 5.69. The van der Waals surface area contributed by atoms with Gasteiger partial charge in [-0.15, -0.1) is 0 Å². The number of nitrogens with one attached hydrogen (secondary N) is 1. The second-order valence-electron chi connectivity index (χ2n) is 5.01. The van der Waals surface area contributed by atoms with Crippen LogP contribution >= 0.6 is 11.5 Å². The molecule has 1 rings (SSSR count). The van der Waals surface area contributed by atoms with Crippen LogP contribution < -0.4 is 5.32 Å². The molecule has 0 spiro atoms. The lowest BCUT2D eigenvalue weighted by atomic mass is 10.1. The molecule has 0 aromatic carbocycles. The van der Waals surface area contributed by atoms with E-state index >= 15 is 0 Å². The molecule has 15 heavy (non-hydrogen) atoms. The molecule has 0 aliphatic carbocycles. The first-order chi connectivity index (χ1) is 6.74. The number of methoxy groups -OCH3 is 1. The van der Waals surface area contributed by atoms with Crippen molar-refractivity contribution in [3.05, 3.63) is 5.82 Å². The van der Waals surface area contributed by atoms with Gasteiger partial charge < -0.3 is 10.1 Å². The lowest BCUT2D eigenvalue weighted by Crippen LogP contribution is -2.26. The van der Waals surface area contributed by atoms with Crippen molar-refractivity contribution in [2.24, 2.45) is 0 Å². The van der Waals surface area contributed by atoms with Crippen molar-refractivity contribution in [1.82, 2.24) is 9.36 Å². The first-order valence-electron chi connectivity index (χ1n) is 4.92. The predicted molar refractivity (Wildman–Crippen MR) is 63.3 cm³/mol. The lowest BCUT2D eigenvalue weighted by molar-refractivity contribution is 0.0125. The van der Waals surface area contributed by atoms with Crippen molar-refractivity contribution in [3.63, 3.8) is 0 Å². The highest BCUT2D eigenvalue weighted by atomic mass is 32.1. The predicted octanol–water partition coefficient (Wildman–Crippen LogP) is 2.63. The van der Waals surface area contributed by atoms with Gasteiger partial charge in [0.25, 0.3) is 0 Å². The fourth-order valence-corrected chi connectivity index (χ4v) is 1.84. The third kappa shape index (κ3) is 3.43. The molecule has 0 radical (unpaired) electrons. The summed E-state index contributed by atoms with van der Waals surface area (Å²) in [4.78, 5) is 4.41. The Labute approximate surface area is 95.2 Å². The van der Waals surface area contributed by atoms with Gasteiger partial charge in [0.2, 0.25) is 5.13 Å².